The third-order valence-corrected chi connectivity index (χ3v) is 5.18. The quantitative estimate of drug-likeness (QED) is 0.789. The van der Waals surface area contributed by atoms with Gasteiger partial charge in [-0.1, -0.05) is 0 Å². The SMILES string of the molecule is Cc1csc(C2CCCN(c3ncccc3C(=O)OC(C)C)C2)n1. The smallest absolute Gasteiger partial charge is 0.342 e. The molecule has 1 saturated heterocycles. The molecule has 1 aliphatic rings. The van der Waals surface area contributed by atoms with Gasteiger partial charge in [-0.2, -0.15) is 0 Å². The Labute approximate surface area is 146 Å². The molecule has 0 N–H and O–H groups in total. The predicted octanol–water partition coefficient (Wildman–Crippen LogP) is 3.80. The van der Waals surface area contributed by atoms with Crippen LogP contribution in [-0.2, 0) is 4.74 Å². The molecule has 6 heteroatoms. The van der Waals surface area contributed by atoms with Crippen molar-refractivity contribution in [2.75, 3.05) is 18.0 Å². The van der Waals surface area contributed by atoms with Gasteiger partial charge in [-0.15, -0.1) is 11.3 Å². The first-order chi connectivity index (χ1) is 11.5. The molecule has 2 aromatic rings. The minimum absolute atomic E-state index is 0.141. The standard InChI is InChI=1S/C18H23N3O2S/c1-12(2)23-18(22)15-7-4-8-19-16(15)21-9-5-6-14(10-21)17-20-13(3)11-24-17/h4,7-8,11-12,14H,5-6,9-10H2,1-3H3. The average molecular weight is 345 g/mol. The summed E-state index contributed by atoms with van der Waals surface area (Å²) >= 11 is 1.72. The van der Waals surface area contributed by atoms with Crippen molar-refractivity contribution in [2.24, 2.45) is 0 Å². The number of thiazole rings is 1. The third-order valence-electron chi connectivity index (χ3n) is 4.06. The Morgan fingerprint density at radius 3 is 3.00 bits per heavy atom. The summed E-state index contributed by atoms with van der Waals surface area (Å²) in [6.45, 7) is 7.48. The Morgan fingerprint density at radius 2 is 2.29 bits per heavy atom. The van der Waals surface area contributed by atoms with Crippen LogP contribution < -0.4 is 4.90 Å². The van der Waals surface area contributed by atoms with Gasteiger partial charge < -0.3 is 9.64 Å². The second-order valence-electron chi connectivity index (χ2n) is 6.44. The Bertz CT molecular complexity index is 714. The molecular formula is C18H23N3O2S. The van der Waals surface area contributed by atoms with Crippen LogP contribution in [0, 0.1) is 6.92 Å². The maximum atomic E-state index is 12.4. The van der Waals surface area contributed by atoms with Crippen molar-refractivity contribution in [3.8, 4) is 0 Å². The first kappa shape index (κ1) is 16.9. The Balaban J connectivity index is 1.82. The zero-order valence-electron chi connectivity index (χ0n) is 14.4. The lowest BCUT2D eigenvalue weighted by molar-refractivity contribution is 0.0378. The van der Waals surface area contributed by atoms with Gasteiger partial charge in [0.05, 0.1) is 11.1 Å². The summed E-state index contributed by atoms with van der Waals surface area (Å²) in [5, 5.41) is 3.28. The lowest BCUT2D eigenvalue weighted by Crippen LogP contribution is -2.36. The molecule has 5 nitrogen and oxygen atoms in total. The summed E-state index contributed by atoms with van der Waals surface area (Å²) < 4.78 is 5.37. The molecule has 1 fully saturated rings. The summed E-state index contributed by atoms with van der Waals surface area (Å²) in [6.07, 6.45) is 3.79. The van der Waals surface area contributed by atoms with Gasteiger partial charge in [0.25, 0.3) is 0 Å². The molecule has 0 spiro atoms. The molecule has 128 valence electrons. The van der Waals surface area contributed by atoms with Crippen molar-refractivity contribution in [1.29, 1.82) is 0 Å². The maximum absolute atomic E-state index is 12.4. The number of rotatable bonds is 4. The molecule has 1 atom stereocenters. The number of aryl methyl sites for hydroxylation is 1. The summed E-state index contributed by atoms with van der Waals surface area (Å²) in [7, 11) is 0. The molecule has 0 amide bonds. The lowest BCUT2D eigenvalue weighted by atomic mass is 9.98. The van der Waals surface area contributed by atoms with E-state index in [9.17, 15) is 4.79 Å². The van der Waals surface area contributed by atoms with Crippen molar-refractivity contribution < 1.29 is 9.53 Å². The van der Waals surface area contributed by atoms with Gasteiger partial charge in [0.1, 0.15) is 11.4 Å². The molecule has 3 heterocycles. The highest BCUT2D eigenvalue weighted by Gasteiger charge is 2.27. The first-order valence-corrected chi connectivity index (χ1v) is 9.25. The van der Waals surface area contributed by atoms with Crippen molar-refractivity contribution in [3.05, 3.63) is 40.0 Å². The largest absolute Gasteiger partial charge is 0.459 e. The fourth-order valence-corrected chi connectivity index (χ4v) is 3.94. The average Bonchev–Trinajstić information content (AvgIpc) is 3.01. The highest BCUT2D eigenvalue weighted by atomic mass is 32.1. The molecule has 1 unspecified atom stereocenters. The highest BCUT2D eigenvalue weighted by Crippen LogP contribution is 2.32. The van der Waals surface area contributed by atoms with Gasteiger partial charge in [0.15, 0.2) is 0 Å². The van der Waals surface area contributed by atoms with E-state index in [1.54, 1.807) is 29.7 Å². The second-order valence-corrected chi connectivity index (χ2v) is 7.33. The van der Waals surface area contributed by atoms with E-state index in [0.29, 0.717) is 11.5 Å². The minimum atomic E-state index is -0.305. The monoisotopic (exact) mass is 345 g/mol. The molecular weight excluding hydrogens is 322 g/mol. The van der Waals surface area contributed by atoms with Crippen LogP contribution >= 0.6 is 11.3 Å². The van der Waals surface area contributed by atoms with Crippen LogP contribution in [0.2, 0.25) is 0 Å². The van der Waals surface area contributed by atoms with Crippen molar-refractivity contribution >= 4 is 23.1 Å². The van der Waals surface area contributed by atoms with Gasteiger partial charge in [0.2, 0.25) is 0 Å². The molecule has 0 saturated carbocycles. The lowest BCUT2D eigenvalue weighted by Gasteiger charge is -2.33. The van der Waals surface area contributed by atoms with Crippen molar-refractivity contribution in [1.82, 2.24) is 9.97 Å². The molecule has 2 aromatic heterocycles. The third kappa shape index (κ3) is 3.75. The van der Waals surface area contributed by atoms with Gasteiger partial charge in [0, 0.05) is 36.3 Å². The number of anilines is 1. The zero-order chi connectivity index (χ0) is 17.1. The zero-order valence-corrected chi connectivity index (χ0v) is 15.2. The number of hydrogen-bond donors (Lipinski definition) is 0. The molecule has 1 aliphatic heterocycles. The van der Waals surface area contributed by atoms with Gasteiger partial charge in [-0.05, 0) is 45.7 Å². The van der Waals surface area contributed by atoms with Crippen LogP contribution in [0.15, 0.2) is 23.7 Å². The van der Waals surface area contributed by atoms with Crippen LogP contribution in [-0.4, -0.2) is 35.1 Å². The van der Waals surface area contributed by atoms with Crippen LogP contribution in [0.1, 0.15) is 53.7 Å². The summed E-state index contributed by atoms with van der Waals surface area (Å²) in [4.78, 5) is 23.7. The number of nitrogens with zero attached hydrogens (tertiary/aromatic N) is 3. The van der Waals surface area contributed by atoms with E-state index >= 15 is 0 Å². The Morgan fingerprint density at radius 1 is 1.46 bits per heavy atom. The number of hydrogen-bond acceptors (Lipinski definition) is 6. The van der Waals surface area contributed by atoms with E-state index in [0.717, 1.165) is 37.4 Å². The van der Waals surface area contributed by atoms with Crippen LogP contribution in [0.25, 0.3) is 0 Å². The Kier molecular flexibility index (Phi) is 5.14. The summed E-state index contributed by atoms with van der Waals surface area (Å²) in [6, 6.07) is 3.58. The van der Waals surface area contributed by atoms with Crippen molar-refractivity contribution in [3.63, 3.8) is 0 Å². The fraction of sp³-hybridized carbons (Fsp3) is 0.500. The van der Waals surface area contributed by atoms with Gasteiger partial charge in [-0.25, -0.2) is 14.8 Å². The van der Waals surface area contributed by atoms with Crippen LogP contribution in [0.4, 0.5) is 5.82 Å². The normalized spacial score (nSPS) is 18.0. The number of piperidine rings is 1. The number of pyridine rings is 1. The topological polar surface area (TPSA) is 55.3 Å². The van der Waals surface area contributed by atoms with E-state index in [-0.39, 0.29) is 12.1 Å². The van der Waals surface area contributed by atoms with Crippen LogP contribution in [0.3, 0.4) is 0 Å². The minimum Gasteiger partial charge on any atom is -0.459 e. The molecule has 3 rings (SSSR count). The van der Waals surface area contributed by atoms with E-state index < -0.39 is 0 Å². The van der Waals surface area contributed by atoms with E-state index in [2.05, 4.69) is 20.2 Å². The molecule has 24 heavy (non-hydrogen) atoms. The summed E-state index contributed by atoms with van der Waals surface area (Å²) in [5.41, 5.74) is 1.62. The molecule has 0 aliphatic carbocycles. The molecule has 0 aromatic carbocycles. The molecule has 0 bridgehead atoms. The Hall–Kier alpha value is -1.95. The second kappa shape index (κ2) is 7.30. The number of aromatic nitrogens is 2. The predicted molar refractivity (Wildman–Crippen MR) is 95.8 cm³/mol. The van der Waals surface area contributed by atoms with E-state index in [1.165, 1.54) is 5.01 Å². The summed E-state index contributed by atoms with van der Waals surface area (Å²) in [5.74, 6) is 0.815. The maximum Gasteiger partial charge on any atom is 0.342 e. The van der Waals surface area contributed by atoms with Gasteiger partial charge in [-0.3, -0.25) is 0 Å². The highest BCUT2D eigenvalue weighted by molar-refractivity contribution is 7.09. The van der Waals surface area contributed by atoms with E-state index in [1.807, 2.05) is 20.8 Å². The first-order valence-electron chi connectivity index (χ1n) is 8.37. The van der Waals surface area contributed by atoms with Crippen LogP contribution in [0.5, 0.6) is 0 Å². The number of ether oxygens (including phenoxy) is 1. The fourth-order valence-electron chi connectivity index (χ4n) is 3.02. The van der Waals surface area contributed by atoms with E-state index in [4.69, 9.17) is 4.74 Å². The van der Waals surface area contributed by atoms with Gasteiger partial charge >= 0.3 is 5.97 Å². The number of carbonyl (C=O) groups is 1. The number of carbonyl (C=O) groups excluding carboxylic acids is 1. The van der Waals surface area contributed by atoms with Crippen molar-refractivity contribution in [2.45, 2.75) is 45.6 Å². The molecule has 0 radical (unpaired) electrons. The number of esters is 1.